The molecule has 0 aliphatic heterocycles. The predicted octanol–water partition coefficient (Wildman–Crippen LogP) is 4.58. The summed E-state index contributed by atoms with van der Waals surface area (Å²) in [4.78, 5) is 17.3. The molecule has 0 amide bonds. The molecule has 1 saturated carbocycles. The van der Waals surface area contributed by atoms with Crippen molar-refractivity contribution >= 4 is 17.3 Å². The van der Waals surface area contributed by atoms with Gasteiger partial charge in [-0.3, -0.25) is 0 Å². The first kappa shape index (κ1) is 17.9. The maximum Gasteiger partial charge on any atom is 0.335 e. The molecule has 3 rings (SSSR count). The Morgan fingerprint density at radius 1 is 1.40 bits per heavy atom. The quantitative estimate of drug-likeness (QED) is 0.745. The van der Waals surface area contributed by atoms with Gasteiger partial charge in [-0.15, -0.1) is 11.3 Å². The Kier molecular flexibility index (Phi) is 5.71. The number of carboxylic acids is 1. The van der Waals surface area contributed by atoms with E-state index in [1.54, 1.807) is 30.6 Å². The number of nitrogens with zero attached hydrogens (tertiary/aromatic N) is 1. The van der Waals surface area contributed by atoms with Gasteiger partial charge in [0.25, 0.3) is 0 Å². The average Bonchev–Trinajstić information content (AvgIpc) is 3.00. The van der Waals surface area contributed by atoms with Crippen LogP contribution in [-0.4, -0.2) is 35.9 Å². The summed E-state index contributed by atoms with van der Waals surface area (Å²) in [7, 11) is 1.65. The molecular weight excluding hydrogens is 338 g/mol. The smallest absolute Gasteiger partial charge is 0.335 e. The molecule has 1 aromatic heterocycles. The zero-order valence-corrected chi connectivity index (χ0v) is 15.3. The number of carboxylic acid groups (broad SMARTS) is 1. The molecule has 2 aromatic rings. The highest BCUT2D eigenvalue weighted by molar-refractivity contribution is 7.15. The van der Waals surface area contributed by atoms with Crippen molar-refractivity contribution in [3.05, 3.63) is 34.8 Å². The Hall–Kier alpha value is -1.92. The Bertz CT molecular complexity index is 739. The highest BCUT2D eigenvalue weighted by Crippen LogP contribution is 2.41. The number of carbonyl (C=O) groups is 1. The first-order valence-corrected chi connectivity index (χ1v) is 9.38. The van der Waals surface area contributed by atoms with E-state index in [0.717, 1.165) is 17.0 Å². The monoisotopic (exact) mass is 361 g/mol. The van der Waals surface area contributed by atoms with Gasteiger partial charge in [-0.25, -0.2) is 9.78 Å². The molecular formula is C19H23NO4S. The Morgan fingerprint density at radius 3 is 2.84 bits per heavy atom. The summed E-state index contributed by atoms with van der Waals surface area (Å²) in [5.41, 5.74) is 1.01. The summed E-state index contributed by atoms with van der Waals surface area (Å²) in [6, 6.07) is 5.10. The SMILES string of the molecule is COCC[C@@H](C)Oc1cc(C(=O)O)cc(-c2ncc(C3CCC3)s2)c1. The van der Waals surface area contributed by atoms with Crippen molar-refractivity contribution in [2.45, 2.75) is 44.6 Å². The third kappa shape index (κ3) is 4.38. The van der Waals surface area contributed by atoms with Gasteiger partial charge in [0.2, 0.25) is 0 Å². The minimum Gasteiger partial charge on any atom is -0.491 e. The van der Waals surface area contributed by atoms with Crippen molar-refractivity contribution in [1.82, 2.24) is 4.98 Å². The van der Waals surface area contributed by atoms with Gasteiger partial charge >= 0.3 is 5.97 Å². The van der Waals surface area contributed by atoms with Crippen molar-refractivity contribution in [2.24, 2.45) is 0 Å². The Morgan fingerprint density at radius 2 is 2.20 bits per heavy atom. The number of aromatic carboxylic acids is 1. The van der Waals surface area contributed by atoms with E-state index >= 15 is 0 Å². The molecule has 134 valence electrons. The highest BCUT2D eigenvalue weighted by atomic mass is 32.1. The number of aromatic nitrogens is 1. The molecule has 0 saturated heterocycles. The Labute approximate surface area is 151 Å². The zero-order valence-electron chi connectivity index (χ0n) is 14.5. The van der Waals surface area contributed by atoms with Crippen LogP contribution in [0.15, 0.2) is 24.4 Å². The van der Waals surface area contributed by atoms with Crippen molar-refractivity contribution < 1.29 is 19.4 Å². The number of benzene rings is 1. The molecule has 1 N–H and O–H groups in total. The topological polar surface area (TPSA) is 68.7 Å². The first-order chi connectivity index (χ1) is 12.1. The second kappa shape index (κ2) is 7.97. The second-order valence-corrected chi connectivity index (χ2v) is 7.52. The van der Waals surface area contributed by atoms with Crippen LogP contribution in [0.3, 0.4) is 0 Å². The number of rotatable bonds is 8. The lowest BCUT2D eigenvalue weighted by Crippen LogP contribution is -2.14. The molecule has 1 atom stereocenters. The third-order valence-corrected chi connectivity index (χ3v) is 5.71. The van der Waals surface area contributed by atoms with Gasteiger partial charge in [0.1, 0.15) is 10.8 Å². The average molecular weight is 361 g/mol. The highest BCUT2D eigenvalue weighted by Gasteiger charge is 2.22. The summed E-state index contributed by atoms with van der Waals surface area (Å²) < 4.78 is 11.0. The molecule has 1 aliphatic rings. The minimum absolute atomic E-state index is 0.0568. The first-order valence-electron chi connectivity index (χ1n) is 8.57. The van der Waals surface area contributed by atoms with Crippen molar-refractivity contribution in [3.8, 4) is 16.3 Å². The van der Waals surface area contributed by atoms with Gasteiger partial charge in [-0.05, 0) is 43.9 Å². The summed E-state index contributed by atoms with van der Waals surface area (Å²) in [6.07, 6.45) is 6.35. The van der Waals surface area contributed by atoms with Gasteiger partial charge < -0.3 is 14.6 Å². The molecule has 0 unspecified atom stereocenters. The van der Waals surface area contributed by atoms with Gasteiger partial charge in [0.15, 0.2) is 0 Å². The number of hydrogen-bond acceptors (Lipinski definition) is 5. The van der Waals surface area contributed by atoms with Crippen LogP contribution >= 0.6 is 11.3 Å². The summed E-state index contributed by atoms with van der Waals surface area (Å²) in [5.74, 6) is 0.213. The van der Waals surface area contributed by atoms with Crippen LogP contribution in [0, 0.1) is 0 Å². The number of methoxy groups -OCH3 is 1. The Balaban J connectivity index is 1.84. The molecule has 25 heavy (non-hydrogen) atoms. The molecule has 5 nitrogen and oxygen atoms in total. The van der Waals surface area contributed by atoms with Crippen LogP contribution in [0.4, 0.5) is 0 Å². The van der Waals surface area contributed by atoms with E-state index in [1.165, 1.54) is 24.1 Å². The number of ether oxygens (including phenoxy) is 2. The van der Waals surface area contributed by atoms with Crippen molar-refractivity contribution in [3.63, 3.8) is 0 Å². The number of thiazole rings is 1. The van der Waals surface area contributed by atoms with Crippen LogP contribution < -0.4 is 4.74 Å². The van der Waals surface area contributed by atoms with Crippen LogP contribution in [0.25, 0.3) is 10.6 Å². The fraction of sp³-hybridized carbons (Fsp3) is 0.474. The van der Waals surface area contributed by atoms with Crippen LogP contribution in [-0.2, 0) is 4.74 Å². The van der Waals surface area contributed by atoms with E-state index in [0.29, 0.717) is 18.3 Å². The second-order valence-electron chi connectivity index (χ2n) is 6.46. The molecule has 0 radical (unpaired) electrons. The van der Waals surface area contributed by atoms with Gasteiger partial charge in [-0.1, -0.05) is 6.42 Å². The number of hydrogen-bond donors (Lipinski definition) is 1. The molecule has 1 heterocycles. The van der Waals surface area contributed by atoms with E-state index in [4.69, 9.17) is 9.47 Å². The molecule has 0 bridgehead atoms. The lowest BCUT2D eigenvalue weighted by molar-refractivity contribution is 0.0695. The van der Waals surface area contributed by atoms with Crippen molar-refractivity contribution in [1.29, 1.82) is 0 Å². The maximum atomic E-state index is 11.5. The van der Waals surface area contributed by atoms with Gasteiger partial charge in [0, 0.05) is 36.8 Å². The van der Waals surface area contributed by atoms with Gasteiger partial charge in [0.05, 0.1) is 11.7 Å². The van der Waals surface area contributed by atoms with E-state index in [-0.39, 0.29) is 11.7 Å². The molecule has 6 heteroatoms. The van der Waals surface area contributed by atoms with E-state index < -0.39 is 5.97 Å². The lowest BCUT2D eigenvalue weighted by atomic mass is 9.85. The standard InChI is InChI=1S/C19H23NO4S/c1-12(6-7-23-2)24-16-9-14(8-15(10-16)19(21)22)18-20-11-17(25-18)13-4-3-5-13/h8-13H,3-7H2,1-2H3,(H,21,22)/t12-/m1/s1. The molecule has 1 aliphatic carbocycles. The molecule has 1 aromatic carbocycles. The maximum absolute atomic E-state index is 11.5. The fourth-order valence-electron chi connectivity index (χ4n) is 2.79. The van der Waals surface area contributed by atoms with Gasteiger partial charge in [-0.2, -0.15) is 0 Å². The fourth-order valence-corrected chi connectivity index (χ4v) is 3.86. The minimum atomic E-state index is -0.966. The third-order valence-electron chi connectivity index (χ3n) is 4.50. The van der Waals surface area contributed by atoms with E-state index in [9.17, 15) is 9.90 Å². The molecule has 0 spiro atoms. The molecule has 1 fully saturated rings. The summed E-state index contributed by atoms with van der Waals surface area (Å²) >= 11 is 1.65. The predicted molar refractivity (Wildman–Crippen MR) is 97.7 cm³/mol. The van der Waals surface area contributed by atoms with E-state index in [2.05, 4.69) is 4.98 Å². The van der Waals surface area contributed by atoms with Crippen LogP contribution in [0.1, 0.15) is 53.8 Å². The van der Waals surface area contributed by atoms with E-state index in [1.807, 2.05) is 19.2 Å². The normalized spacial score (nSPS) is 15.6. The summed E-state index contributed by atoms with van der Waals surface area (Å²) in [5, 5.41) is 10.3. The largest absolute Gasteiger partial charge is 0.491 e. The van der Waals surface area contributed by atoms with Crippen LogP contribution in [0.2, 0.25) is 0 Å². The van der Waals surface area contributed by atoms with Crippen molar-refractivity contribution in [2.75, 3.05) is 13.7 Å². The van der Waals surface area contributed by atoms with Crippen LogP contribution in [0.5, 0.6) is 5.75 Å². The zero-order chi connectivity index (χ0) is 17.8. The summed E-state index contributed by atoms with van der Waals surface area (Å²) in [6.45, 7) is 2.55. The lowest BCUT2D eigenvalue weighted by Gasteiger charge is -2.23.